The molecule has 1 amide bonds. The molecule has 2 aromatic carbocycles. The van der Waals surface area contributed by atoms with Crippen molar-refractivity contribution in [2.45, 2.75) is 19.3 Å². The van der Waals surface area contributed by atoms with Crippen molar-refractivity contribution in [3.63, 3.8) is 0 Å². The zero-order valence-electron chi connectivity index (χ0n) is 15.2. The number of nitrogens with zero attached hydrogens (tertiary/aromatic N) is 1. The quantitative estimate of drug-likeness (QED) is 0.768. The van der Waals surface area contributed by atoms with Gasteiger partial charge in [-0.15, -0.1) is 0 Å². The maximum Gasteiger partial charge on any atom is 0.227 e. The fraction of sp³-hybridized carbons (Fsp3) is 0.381. The van der Waals surface area contributed by atoms with E-state index in [0.717, 1.165) is 42.3 Å². The second kappa shape index (κ2) is 8.45. The number of hydrogen-bond acceptors (Lipinski definition) is 3. The van der Waals surface area contributed by atoms with Crippen LogP contribution in [0.1, 0.15) is 17.5 Å². The molecule has 0 spiro atoms. The monoisotopic (exact) mass is 373 g/mol. The number of halogens is 1. The largest absolute Gasteiger partial charge is 0.497 e. The fourth-order valence-corrected chi connectivity index (χ4v) is 3.58. The van der Waals surface area contributed by atoms with Gasteiger partial charge in [-0.3, -0.25) is 4.79 Å². The summed E-state index contributed by atoms with van der Waals surface area (Å²) in [5.41, 5.74) is 2.16. The van der Waals surface area contributed by atoms with Gasteiger partial charge in [-0.05, 0) is 42.5 Å². The first-order valence-electron chi connectivity index (χ1n) is 8.82. The minimum Gasteiger partial charge on any atom is -0.497 e. The highest BCUT2D eigenvalue weighted by atomic mass is 35.5. The van der Waals surface area contributed by atoms with E-state index in [1.165, 1.54) is 5.56 Å². The molecule has 1 unspecified atom stereocenters. The Balaban J connectivity index is 1.58. The lowest BCUT2D eigenvalue weighted by Crippen LogP contribution is -2.30. The number of likely N-dealkylation sites (tertiary alicyclic amines) is 1. The van der Waals surface area contributed by atoms with Crippen LogP contribution in [0.4, 0.5) is 0 Å². The van der Waals surface area contributed by atoms with Crippen LogP contribution in [0.25, 0.3) is 0 Å². The second-order valence-corrected chi connectivity index (χ2v) is 7.12. The predicted molar refractivity (Wildman–Crippen MR) is 103 cm³/mol. The van der Waals surface area contributed by atoms with Crippen molar-refractivity contribution in [1.82, 2.24) is 4.90 Å². The molecular formula is C21H24ClNO3. The van der Waals surface area contributed by atoms with Crippen LogP contribution in [-0.2, 0) is 17.6 Å². The zero-order chi connectivity index (χ0) is 18.5. The zero-order valence-corrected chi connectivity index (χ0v) is 16.0. The van der Waals surface area contributed by atoms with Crippen LogP contribution in [0.15, 0.2) is 42.5 Å². The first-order chi connectivity index (χ1) is 12.6. The molecule has 1 atom stereocenters. The van der Waals surface area contributed by atoms with E-state index >= 15 is 0 Å². The maximum absolute atomic E-state index is 12.7. The number of benzene rings is 2. The fourth-order valence-electron chi connectivity index (χ4n) is 3.45. The average molecular weight is 374 g/mol. The molecule has 0 radical (unpaired) electrons. The summed E-state index contributed by atoms with van der Waals surface area (Å²) in [7, 11) is 3.23. The molecule has 3 rings (SSSR count). The van der Waals surface area contributed by atoms with Gasteiger partial charge in [0.1, 0.15) is 11.5 Å². The van der Waals surface area contributed by atoms with Crippen LogP contribution >= 0.6 is 11.6 Å². The molecule has 0 N–H and O–H groups in total. The number of carbonyl (C=O) groups is 1. The summed E-state index contributed by atoms with van der Waals surface area (Å²) < 4.78 is 10.6. The summed E-state index contributed by atoms with van der Waals surface area (Å²) in [5.74, 6) is 2.06. The number of hydrogen-bond donors (Lipinski definition) is 0. The molecular weight excluding hydrogens is 350 g/mol. The van der Waals surface area contributed by atoms with Gasteiger partial charge in [0.25, 0.3) is 0 Å². The molecule has 26 heavy (non-hydrogen) atoms. The lowest BCUT2D eigenvalue weighted by Gasteiger charge is -2.18. The van der Waals surface area contributed by atoms with Crippen molar-refractivity contribution in [3.8, 4) is 11.5 Å². The molecule has 1 aliphatic heterocycles. The SMILES string of the molecule is COc1ccc(CC(=O)N2CCC(Cc3ccc(Cl)cc3)C2)c(OC)c1. The van der Waals surface area contributed by atoms with Gasteiger partial charge < -0.3 is 14.4 Å². The van der Waals surface area contributed by atoms with E-state index in [1.54, 1.807) is 14.2 Å². The number of amides is 1. The minimum atomic E-state index is 0.145. The van der Waals surface area contributed by atoms with E-state index in [-0.39, 0.29) is 5.91 Å². The van der Waals surface area contributed by atoms with Crippen LogP contribution in [0.3, 0.4) is 0 Å². The Labute approximate surface area is 159 Å². The molecule has 138 valence electrons. The van der Waals surface area contributed by atoms with E-state index < -0.39 is 0 Å². The van der Waals surface area contributed by atoms with Crippen LogP contribution < -0.4 is 9.47 Å². The van der Waals surface area contributed by atoms with Crippen molar-refractivity contribution in [3.05, 3.63) is 58.6 Å². The summed E-state index contributed by atoms with van der Waals surface area (Å²) in [6.45, 7) is 1.62. The van der Waals surface area contributed by atoms with Gasteiger partial charge in [-0.1, -0.05) is 29.8 Å². The third kappa shape index (κ3) is 4.50. The van der Waals surface area contributed by atoms with Gasteiger partial charge >= 0.3 is 0 Å². The van der Waals surface area contributed by atoms with Crippen molar-refractivity contribution < 1.29 is 14.3 Å². The molecule has 1 aliphatic rings. The summed E-state index contributed by atoms with van der Waals surface area (Å²) in [5, 5.41) is 0.755. The van der Waals surface area contributed by atoms with Crippen LogP contribution in [-0.4, -0.2) is 38.1 Å². The van der Waals surface area contributed by atoms with E-state index in [2.05, 4.69) is 12.1 Å². The number of rotatable bonds is 6. The van der Waals surface area contributed by atoms with E-state index in [0.29, 0.717) is 18.1 Å². The highest BCUT2D eigenvalue weighted by Crippen LogP contribution is 2.27. The molecule has 5 heteroatoms. The van der Waals surface area contributed by atoms with Gasteiger partial charge in [0.2, 0.25) is 5.91 Å². The van der Waals surface area contributed by atoms with E-state index in [4.69, 9.17) is 21.1 Å². The first kappa shape index (κ1) is 18.6. The lowest BCUT2D eigenvalue weighted by molar-refractivity contribution is -0.129. The lowest BCUT2D eigenvalue weighted by atomic mass is 9.99. The smallest absolute Gasteiger partial charge is 0.227 e. The van der Waals surface area contributed by atoms with E-state index in [1.807, 2.05) is 35.2 Å². The molecule has 1 fully saturated rings. The molecule has 1 heterocycles. The highest BCUT2D eigenvalue weighted by Gasteiger charge is 2.26. The minimum absolute atomic E-state index is 0.145. The summed E-state index contributed by atoms with van der Waals surface area (Å²) in [6, 6.07) is 13.5. The van der Waals surface area contributed by atoms with Crippen molar-refractivity contribution >= 4 is 17.5 Å². The molecule has 0 aliphatic carbocycles. The Morgan fingerprint density at radius 2 is 1.92 bits per heavy atom. The summed E-state index contributed by atoms with van der Waals surface area (Å²) in [6.07, 6.45) is 2.36. The average Bonchev–Trinajstić information content (AvgIpc) is 3.12. The van der Waals surface area contributed by atoms with Gasteiger partial charge in [0, 0.05) is 29.7 Å². The van der Waals surface area contributed by atoms with Crippen LogP contribution in [0, 0.1) is 5.92 Å². The number of methoxy groups -OCH3 is 2. The Hall–Kier alpha value is -2.20. The molecule has 0 aromatic heterocycles. The normalized spacial score (nSPS) is 16.6. The molecule has 0 saturated carbocycles. The number of carbonyl (C=O) groups excluding carboxylic acids is 1. The van der Waals surface area contributed by atoms with Gasteiger partial charge in [-0.25, -0.2) is 0 Å². The first-order valence-corrected chi connectivity index (χ1v) is 9.20. The molecule has 1 saturated heterocycles. The Kier molecular flexibility index (Phi) is 6.04. The summed E-state index contributed by atoms with van der Waals surface area (Å²) in [4.78, 5) is 14.7. The Morgan fingerprint density at radius 3 is 2.62 bits per heavy atom. The predicted octanol–water partition coefficient (Wildman–Crippen LogP) is 3.99. The van der Waals surface area contributed by atoms with E-state index in [9.17, 15) is 4.79 Å². The van der Waals surface area contributed by atoms with Crippen LogP contribution in [0.5, 0.6) is 11.5 Å². The van der Waals surface area contributed by atoms with Gasteiger partial charge in [0.15, 0.2) is 0 Å². The van der Waals surface area contributed by atoms with Crippen LogP contribution in [0.2, 0.25) is 5.02 Å². The van der Waals surface area contributed by atoms with Crippen molar-refractivity contribution in [2.24, 2.45) is 5.92 Å². The molecule has 4 nitrogen and oxygen atoms in total. The second-order valence-electron chi connectivity index (χ2n) is 6.68. The third-order valence-corrected chi connectivity index (χ3v) is 5.16. The molecule has 2 aromatic rings. The summed E-state index contributed by atoms with van der Waals surface area (Å²) >= 11 is 5.94. The van der Waals surface area contributed by atoms with Crippen molar-refractivity contribution in [1.29, 1.82) is 0 Å². The Morgan fingerprint density at radius 1 is 1.15 bits per heavy atom. The maximum atomic E-state index is 12.7. The Bertz CT molecular complexity index is 760. The third-order valence-electron chi connectivity index (χ3n) is 4.91. The van der Waals surface area contributed by atoms with Gasteiger partial charge in [0.05, 0.1) is 20.6 Å². The topological polar surface area (TPSA) is 38.8 Å². The highest BCUT2D eigenvalue weighted by molar-refractivity contribution is 6.30. The number of ether oxygens (including phenoxy) is 2. The van der Waals surface area contributed by atoms with Crippen molar-refractivity contribution in [2.75, 3.05) is 27.3 Å². The van der Waals surface area contributed by atoms with Gasteiger partial charge in [-0.2, -0.15) is 0 Å². The molecule has 0 bridgehead atoms. The standard InChI is InChI=1S/C21H24ClNO3/c1-25-19-8-5-17(20(13-19)26-2)12-21(24)23-10-9-16(14-23)11-15-3-6-18(22)7-4-15/h3-8,13,16H,9-12,14H2,1-2H3.